The summed E-state index contributed by atoms with van der Waals surface area (Å²) in [5.41, 5.74) is 2.25. The van der Waals surface area contributed by atoms with Gasteiger partial charge in [0.25, 0.3) is 0 Å². The van der Waals surface area contributed by atoms with E-state index < -0.39 is 0 Å². The molecule has 1 aromatic carbocycles. The summed E-state index contributed by atoms with van der Waals surface area (Å²) in [5, 5.41) is 4.13. The van der Waals surface area contributed by atoms with Crippen molar-refractivity contribution in [2.24, 2.45) is 0 Å². The van der Waals surface area contributed by atoms with Gasteiger partial charge in [-0.3, -0.25) is 0 Å². The molecule has 2 aromatic rings. The van der Waals surface area contributed by atoms with Gasteiger partial charge in [-0.2, -0.15) is 0 Å². The van der Waals surface area contributed by atoms with Crippen LogP contribution in [0, 0.1) is 3.57 Å². The van der Waals surface area contributed by atoms with Gasteiger partial charge < -0.3 is 9.88 Å². The molecule has 1 N–H and O–H groups in total. The highest BCUT2D eigenvalue weighted by Gasteiger charge is 2.02. The highest BCUT2D eigenvalue weighted by Crippen LogP contribution is 2.24. The molecule has 0 aliphatic heterocycles. The summed E-state index contributed by atoms with van der Waals surface area (Å²) in [6.07, 6.45) is 2.09. The second kappa shape index (κ2) is 5.78. The lowest BCUT2D eigenvalue weighted by Gasteiger charge is -2.10. The van der Waals surface area contributed by atoms with Crippen LogP contribution in [0.3, 0.4) is 0 Å². The van der Waals surface area contributed by atoms with Crippen molar-refractivity contribution in [1.29, 1.82) is 0 Å². The number of halogens is 2. The summed E-state index contributed by atoms with van der Waals surface area (Å²) >= 11 is 8.43. The van der Waals surface area contributed by atoms with Crippen LogP contribution in [-0.2, 0) is 13.1 Å². The zero-order valence-corrected chi connectivity index (χ0v) is 12.5. The average Bonchev–Trinajstić information content (AvgIpc) is 2.75. The van der Waals surface area contributed by atoms with E-state index in [1.54, 1.807) is 0 Å². The first-order chi connectivity index (χ1) is 8.20. The molecule has 0 radical (unpaired) electrons. The molecule has 0 fully saturated rings. The van der Waals surface area contributed by atoms with E-state index in [1.807, 2.05) is 18.2 Å². The summed E-state index contributed by atoms with van der Waals surface area (Å²) in [5.74, 6) is 0. The largest absolute Gasteiger partial charge is 0.378 e. The number of nitrogens with one attached hydrogen (secondary N) is 1. The molecule has 17 heavy (non-hydrogen) atoms. The number of hydrogen-bond donors (Lipinski definition) is 1. The van der Waals surface area contributed by atoms with Gasteiger partial charge in [-0.15, -0.1) is 0 Å². The van der Waals surface area contributed by atoms with Gasteiger partial charge in [-0.25, -0.2) is 0 Å². The van der Waals surface area contributed by atoms with Gasteiger partial charge in [0.15, 0.2) is 0 Å². The van der Waals surface area contributed by atoms with Crippen LogP contribution in [0.4, 0.5) is 5.69 Å². The number of aromatic nitrogens is 1. The van der Waals surface area contributed by atoms with Crippen molar-refractivity contribution in [3.05, 3.63) is 50.8 Å². The zero-order chi connectivity index (χ0) is 12.3. The van der Waals surface area contributed by atoms with Crippen molar-refractivity contribution in [3.63, 3.8) is 0 Å². The van der Waals surface area contributed by atoms with E-state index in [1.165, 1.54) is 5.69 Å². The van der Waals surface area contributed by atoms with Gasteiger partial charge in [0.05, 0.1) is 17.3 Å². The quantitative estimate of drug-likeness (QED) is 0.801. The molecule has 0 saturated heterocycles. The predicted molar refractivity (Wildman–Crippen MR) is 81.6 cm³/mol. The fourth-order valence-electron chi connectivity index (χ4n) is 1.74. The zero-order valence-electron chi connectivity index (χ0n) is 9.58. The SMILES string of the molecule is CCn1cccc1CNc1ccc(I)cc1Cl. The Bertz CT molecular complexity index is 508. The van der Waals surface area contributed by atoms with Crippen LogP contribution in [0.15, 0.2) is 36.5 Å². The Morgan fingerprint density at radius 2 is 2.18 bits per heavy atom. The molecule has 0 atom stereocenters. The van der Waals surface area contributed by atoms with Crippen LogP contribution in [0.25, 0.3) is 0 Å². The molecule has 2 nitrogen and oxygen atoms in total. The van der Waals surface area contributed by atoms with Crippen molar-refractivity contribution in [2.75, 3.05) is 5.32 Å². The molecule has 1 aromatic heterocycles. The minimum Gasteiger partial charge on any atom is -0.378 e. The maximum atomic E-state index is 6.17. The van der Waals surface area contributed by atoms with E-state index in [2.05, 4.69) is 57.7 Å². The number of rotatable bonds is 4. The first-order valence-electron chi connectivity index (χ1n) is 5.53. The average molecular weight is 361 g/mol. The van der Waals surface area contributed by atoms with Crippen LogP contribution in [0.1, 0.15) is 12.6 Å². The lowest BCUT2D eigenvalue weighted by atomic mass is 10.3. The van der Waals surface area contributed by atoms with Crippen LogP contribution in [-0.4, -0.2) is 4.57 Å². The standard InChI is InChI=1S/C13H14ClIN2/c1-2-17-7-3-4-11(17)9-16-13-6-5-10(15)8-12(13)14/h3-8,16H,2,9H2,1H3. The topological polar surface area (TPSA) is 17.0 Å². The third-order valence-corrected chi connectivity index (χ3v) is 3.64. The summed E-state index contributed by atoms with van der Waals surface area (Å²) < 4.78 is 3.36. The van der Waals surface area contributed by atoms with Crippen LogP contribution in [0.2, 0.25) is 5.02 Å². The Morgan fingerprint density at radius 1 is 1.35 bits per heavy atom. The first kappa shape index (κ1) is 12.8. The Labute approximate surface area is 120 Å². The Morgan fingerprint density at radius 3 is 2.88 bits per heavy atom. The molecule has 0 saturated carbocycles. The lowest BCUT2D eigenvalue weighted by molar-refractivity contribution is 0.724. The number of hydrogen-bond acceptors (Lipinski definition) is 1. The fourth-order valence-corrected chi connectivity index (χ4v) is 2.66. The fraction of sp³-hybridized carbons (Fsp3) is 0.231. The number of nitrogens with zero attached hydrogens (tertiary/aromatic N) is 1. The molecule has 0 aliphatic carbocycles. The third kappa shape index (κ3) is 3.16. The van der Waals surface area contributed by atoms with E-state index >= 15 is 0 Å². The summed E-state index contributed by atoms with van der Waals surface area (Å²) in [4.78, 5) is 0. The highest BCUT2D eigenvalue weighted by atomic mass is 127. The van der Waals surface area contributed by atoms with Crippen molar-refractivity contribution >= 4 is 39.9 Å². The molecular weight excluding hydrogens is 347 g/mol. The summed E-state index contributed by atoms with van der Waals surface area (Å²) in [6, 6.07) is 10.2. The molecule has 4 heteroatoms. The number of anilines is 1. The van der Waals surface area contributed by atoms with Gasteiger partial charge in [-0.05, 0) is 59.8 Å². The van der Waals surface area contributed by atoms with Gasteiger partial charge in [0, 0.05) is 22.0 Å². The maximum absolute atomic E-state index is 6.17. The Kier molecular flexibility index (Phi) is 4.34. The molecule has 1 heterocycles. The molecule has 0 amide bonds. The van der Waals surface area contributed by atoms with Crippen molar-refractivity contribution in [2.45, 2.75) is 20.0 Å². The minimum atomic E-state index is 0.770. The molecule has 0 aliphatic rings. The molecule has 0 spiro atoms. The predicted octanol–water partition coefficient (Wildman–Crippen LogP) is 4.38. The third-order valence-electron chi connectivity index (χ3n) is 2.66. The van der Waals surface area contributed by atoms with Gasteiger partial charge in [-0.1, -0.05) is 11.6 Å². The van der Waals surface area contributed by atoms with Gasteiger partial charge in [0.2, 0.25) is 0 Å². The normalized spacial score (nSPS) is 10.5. The van der Waals surface area contributed by atoms with Crippen LogP contribution in [0.5, 0.6) is 0 Å². The van der Waals surface area contributed by atoms with E-state index in [0.717, 1.165) is 27.4 Å². The molecule has 0 unspecified atom stereocenters. The number of aryl methyl sites for hydroxylation is 1. The number of benzene rings is 1. The Hall–Kier alpha value is -0.680. The minimum absolute atomic E-state index is 0.770. The van der Waals surface area contributed by atoms with E-state index in [9.17, 15) is 0 Å². The second-order valence-electron chi connectivity index (χ2n) is 3.76. The first-order valence-corrected chi connectivity index (χ1v) is 6.99. The highest BCUT2D eigenvalue weighted by molar-refractivity contribution is 14.1. The van der Waals surface area contributed by atoms with Crippen molar-refractivity contribution < 1.29 is 0 Å². The maximum Gasteiger partial charge on any atom is 0.0648 e. The monoisotopic (exact) mass is 360 g/mol. The molecule has 2 rings (SSSR count). The van der Waals surface area contributed by atoms with Crippen LogP contribution < -0.4 is 5.32 Å². The van der Waals surface area contributed by atoms with Gasteiger partial charge >= 0.3 is 0 Å². The van der Waals surface area contributed by atoms with E-state index in [-0.39, 0.29) is 0 Å². The smallest absolute Gasteiger partial charge is 0.0648 e. The second-order valence-corrected chi connectivity index (χ2v) is 5.42. The van der Waals surface area contributed by atoms with Crippen molar-refractivity contribution in [1.82, 2.24) is 4.57 Å². The van der Waals surface area contributed by atoms with Crippen molar-refractivity contribution in [3.8, 4) is 0 Å². The molecule has 90 valence electrons. The molecule has 0 bridgehead atoms. The van der Waals surface area contributed by atoms with E-state index in [4.69, 9.17) is 11.6 Å². The Balaban J connectivity index is 2.07. The van der Waals surface area contributed by atoms with Crippen LogP contribution >= 0.6 is 34.2 Å². The molecular formula is C13H14ClIN2. The summed E-state index contributed by atoms with van der Waals surface area (Å²) in [6.45, 7) is 3.92. The lowest BCUT2D eigenvalue weighted by Crippen LogP contribution is -2.06. The van der Waals surface area contributed by atoms with Gasteiger partial charge in [0.1, 0.15) is 0 Å². The van der Waals surface area contributed by atoms with E-state index in [0.29, 0.717) is 0 Å². The summed E-state index contributed by atoms with van der Waals surface area (Å²) in [7, 11) is 0.